The Hall–Kier alpha value is -2.34. The number of benzene rings is 1. The molecule has 0 aliphatic carbocycles. The number of thiazole rings is 1. The van der Waals surface area contributed by atoms with E-state index < -0.39 is 0 Å². The smallest absolute Gasteiger partial charge is 0.204 e. The van der Waals surface area contributed by atoms with Gasteiger partial charge in [0.05, 0.1) is 21.6 Å². The predicted molar refractivity (Wildman–Crippen MR) is 77.5 cm³/mol. The van der Waals surface area contributed by atoms with Crippen LogP contribution in [0.1, 0.15) is 12.6 Å². The van der Waals surface area contributed by atoms with Crippen LogP contribution < -0.4 is 5.43 Å². The van der Waals surface area contributed by atoms with Crippen LogP contribution in [-0.4, -0.2) is 20.7 Å². The Labute approximate surface area is 114 Å². The first-order chi connectivity index (χ1) is 9.33. The number of hydrogen-bond acceptors (Lipinski definition) is 6. The van der Waals surface area contributed by atoms with Crippen molar-refractivity contribution >= 4 is 32.4 Å². The topological polar surface area (TPSA) is 63.1 Å². The second-order valence-corrected chi connectivity index (χ2v) is 4.92. The molecule has 0 unspecified atom stereocenters. The zero-order valence-corrected chi connectivity index (χ0v) is 11.1. The number of hydrogen-bond donors (Lipinski definition) is 1. The van der Waals surface area contributed by atoms with Crippen LogP contribution in [-0.2, 0) is 0 Å². The first kappa shape index (κ1) is 11.7. The van der Waals surface area contributed by atoms with Crippen LogP contribution >= 0.6 is 11.3 Å². The largest absolute Gasteiger partial charge is 0.252 e. The number of fused-ring (bicyclic) bond motifs is 1. The van der Waals surface area contributed by atoms with Gasteiger partial charge in [0.1, 0.15) is 6.33 Å². The van der Waals surface area contributed by atoms with Crippen LogP contribution in [0.3, 0.4) is 0 Å². The van der Waals surface area contributed by atoms with E-state index in [0.29, 0.717) is 0 Å². The molecule has 2 aromatic heterocycles. The van der Waals surface area contributed by atoms with Crippen molar-refractivity contribution in [2.45, 2.75) is 6.92 Å². The molecule has 0 bridgehead atoms. The highest BCUT2D eigenvalue weighted by Gasteiger charge is 2.02. The molecule has 0 amide bonds. The monoisotopic (exact) mass is 269 g/mol. The van der Waals surface area contributed by atoms with Gasteiger partial charge in [-0.25, -0.2) is 15.0 Å². The Morgan fingerprint density at radius 2 is 2.16 bits per heavy atom. The quantitative estimate of drug-likeness (QED) is 0.586. The van der Waals surface area contributed by atoms with Gasteiger partial charge in [-0.3, -0.25) is 5.43 Å². The molecule has 0 spiro atoms. The molecule has 0 radical (unpaired) electrons. The summed E-state index contributed by atoms with van der Waals surface area (Å²) in [6, 6.07) is 9.82. The van der Waals surface area contributed by atoms with Crippen molar-refractivity contribution in [1.29, 1.82) is 0 Å². The van der Waals surface area contributed by atoms with E-state index in [-0.39, 0.29) is 0 Å². The van der Waals surface area contributed by atoms with Crippen molar-refractivity contribution in [2.24, 2.45) is 5.10 Å². The second kappa shape index (κ2) is 5.11. The van der Waals surface area contributed by atoms with Gasteiger partial charge in [0.2, 0.25) is 5.13 Å². The van der Waals surface area contributed by atoms with E-state index in [2.05, 4.69) is 25.5 Å². The summed E-state index contributed by atoms with van der Waals surface area (Å²) in [5.41, 5.74) is 5.53. The zero-order valence-electron chi connectivity index (χ0n) is 10.2. The minimum Gasteiger partial charge on any atom is -0.252 e. The summed E-state index contributed by atoms with van der Waals surface area (Å²) in [5.74, 6) is 0. The van der Waals surface area contributed by atoms with Crippen LogP contribution in [0.2, 0.25) is 0 Å². The van der Waals surface area contributed by atoms with Gasteiger partial charge in [-0.15, -0.1) is 0 Å². The number of aromatic nitrogens is 3. The van der Waals surface area contributed by atoms with E-state index in [1.165, 1.54) is 6.33 Å². The van der Waals surface area contributed by atoms with E-state index in [0.717, 1.165) is 26.8 Å². The lowest BCUT2D eigenvalue weighted by atomic mass is 10.3. The molecule has 94 valence electrons. The van der Waals surface area contributed by atoms with Gasteiger partial charge in [0.25, 0.3) is 0 Å². The maximum Gasteiger partial charge on any atom is 0.204 e. The minimum absolute atomic E-state index is 0.773. The fourth-order valence-corrected chi connectivity index (χ4v) is 2.42. The van der Waals surface area contributed by atoms with E-state index in [4.69, 9.17) is 0 Å². The Morgan fingerprint density at radius 1 is 1.26 bits per heavy atom. The normalized spacial score (nSPS) is 11.7. The molecule has 2 heterocycles. The Morgan fingerprint density at radius 3 is 2.95 bits per heavy atom. The molecule has 1 N–H and O–H groups in total. The summed E-state index contributed by atoms with van der Waals surface area (Å²) in [6.45, 7) is 1.89. The van der Waals surface area contributed by atoms with Crippen molar-refractivity contribution in [2.75, 3.05) is 5.43 Å². The summed E-state index contributed by atoms with van der Waals surface area (Å²) in [6.07, 6.45) is 3.20. The molecule has 3 aromatic rings. The van der Waals surface area contributed by atoms with Crippen molar-refractivity contribution < 1.29 is 0 Å². The van der Waals surface area contributed by atoms with E-state index in [9.17, 15) is 0 Å². The van der Waals surface area contributed by atoms with Crippen LogP contribution in [0.25, 0.3) is 10.2 Å². The number of rotatable bonds is 3. The maximum absolute atomic E-state index is 4.45. The zero-order chi connectivity index (χ0) is 13.1. The Bertz CT molecular complexity index is 687. The maximum atomic E-state index is 4.45. The molecule has 6 heteroatoms. The summed E-state index contributed by atoms with van der Waals surface area (Å²) in [5, 5.41) is 5.06. The third kappa shape index (κ3) is 2.58. The Kier molecular flexibility index (Phi) is 3.16. The van der Waals surface area contributed by atoms with E-state index in [1.807, 2.05) is 37.3 Å². The van der Waals surface area contributed by atoms with Gasteiger partial charge in [0.15, 0.2) is 0 Å². The van der Waals surface area contributed by atoms with Crippen LogP contribution in [0.5, 0.6) is 0 Å². The number of anilines is 1. The number of para-hydroxylation sites is 1. The molecule has 3 rings (SSSR count). The summed E-state index contributed by atoms with van der Waals surface area (Å²) in [7, 11) is 0. The molecule has 0 saturated carbocycles. The molecule has 0 saturated heterocycles. The average Bonchev–Trinajstić information content (AvgIpc) is 2.88. The third-order valence-electron chi connectivity index (χ3n) is 2.57. The summed E-state index contributed by atoms with van der Waals surface area (Å²) in [4.78, 5) is 12.5. The fraction of sp³-hybridized carbons (Fsp3) is 0.0769. The number of hydrazone groups is 1. The predicted octanol–water partition coefficient (Wildman–Crippen LogP) is 2.92. The highest BCUT2D eigenvalue weighted by atomic mass is 32.1. The highest BCUT2D eigenvalue weighted by molar-refractivity contribution is 7.22. The third-order valence-corrected chi connectivity index (χ3v) is 3.51. The molecule has 5 nitrogen and oxygen atoms in total. The van der Waals surface area contributed by atoms with Gasteiger partial charge in [-0.2, -0.15) is 5.10 Å². The van der Waals surface area contributed by atoms with Crippen LogP contribution in [0.15, 0.2) is 48.0 Å². The van der Waals surface area contributed by atoms with Gasteiger partial charge in [0, 0.05) is 6.20 Å². The molecular weight excluding hydrogens is 258 g/mol. The molecule has 0 atom stereocenters. The lowest BCUT2D eigenvalue weighted by Crippen LogP contribution is -2.02. The molecule has 0 aliphatic heterocycles. The van der Waals surface area contributed by atoms with Crippen molar-refractivity contribution in [3.63, 3.8) is 0 Å². The van der Waals surface area contributed by atoms with Gasteiger partial charge >= 0.3 is 0 Å². The van der Waals surface area contributed by atoms with E-state index >= 15 is 0 Å². The average molecular weight is 269 g/mol. The molecule has 1 aromatic carbocycles. The Balaban J connectivity index is 1.82. The van der Waals surface area contributed by atoms with Gasteiger partial charge in [-0.1, -0.05) is 23.5 Å². The van der Waals surface area contributed by atoms with Crippen molar-refractivity contribution in [1.82, 2.24) is 15.0 Å². The molecule has 0 fully saturated rings. The van der Waals surface area contributed by atoms with Crippen LogP contribution in [0.4, 0.5) is 5.13 Å². The molecular formula is C13H11N5S. The number of nitrogens with zero attached hydrogens (tertiary/aromatic N) is 4. The van der Waals surface area contributed by atoms with E-state index in [1.54, 1.807) is 17.5 Å². The van der Waals surface area contributed by atoms with Crippen molar-refractivity contribution in [3.05, 3.63) is 48.5 Å². The van der Waals surface area contributed by atoms with Crippen LogP contribution in [0, 0.1) is 0 Å². The highest BCUT2D eigenvalue weighted by Crippen LogP contribution is 2.25. The lowest BCUT2D eigenvalue weighted by Gasteiger charge is -1.98. The lowest BCUT2D eigenvalue weighted by molar-refractivity contribution is 1.14. The van der Waals surface area contributed by atoms with Gasteiger partial charge in [-0.05, 0) is 25.1 Å². The number of nitrogens with one attached hydrogen (secondary N) is 1. The molecule has 0 aliphatic rings. The molecule has 19 heavy (non-hydrogen) atoms. The summed E-state index contributed by atoms with van der Waals surface area (Å²) >= 11 is 1.57. The summed E-state index contributed by atoms with van der Waals surface area (Å²) < 4.78 is 1.14. The standard InChI is InChI=1S/C13H11N5S/c1-9(10-6-7-14-8-15-10)17-18-13-16-11-4-2-3-5-12(11)19-13/h2-8H,1H3,(H,16,18)/b17-9+. The SMILES string of the molecule is C/C(=N\Nc1nc2ccccc2s1)c1ccncn1. The first-order valence-corrected chi connectivity index (χ1v) is 6.57. The van der Waals surface area contributed by atoms with Gasteiger partial charge < -0.3 is 0 Å². The second-order valence-electron chi connectivity index (χ2n) is 3.89. The minimum atomic E-state index is 0.773. The first-order valence-electron chi connectivity index (χ1n) is 5.75. The fourth-order valence-electron chi connectivity index (χ4n) is 1.61. The van der Waals surface area contributed by atoms with Crippen molar-refractivity contribution in [3.8, 4) is 0 Å².